The minimum atomic E-state index is -1.04. The number of aryl methyl sites for hydroxylation is 2. The first-order valence-corrected chi connectivity index (χ1v) is 6.50. The maximum atomic E-state index is 11.8. The molecular formula is C13H22N4O3. The van der Waals surface area contributed by atoms with Crippen LogP contribution in [0.25, 0.3) is 0 Å². The van der Waals surface area contributed by atoms with Crippen LogP contribution in [-0.2, 0) is 18.4 Å². The van der Waals surface area contributed by atoms with Crippen LogP contribution in [0.3, 0.4) is 0 Å². The Morgan fingerprint density at radius 2 is 1.95 bits per heavy atom. The number of carboxylic acid groups (broad SMARTS) is 1. The lowest BCUT2D eigenvalue weighted by atomic mass is 10.1. The third kappa shape index (κ3) is 3.72. The molecule has 0 radical (unpaired) electrons. The largest absolute Gasteiger partial charge is 0.480 e. The van der Waals surface area contributed by atoms with E-state index in [-0.39, 0.29) is 5.92 Å². The Kier molecular flexibility index (Phi) is 5.12. The summed E-state index contributed by atoms with van der Waals surface area (Å²) in [6.45, 7) is 7.60. The summed E-state index contributed by atoms with van der Waals surface area (Å²) in [5.41, 5.74) is 2.77. The molecule has 7 heteroatoms. The second-order valence-electron chi connectivity index (χ2n) is 5.16. The highest BCUT2D eigenvalue weighted by molar-refractivity contribution is 5.82. The molecule has 3 N–H and O–H groups in total. The Morgan fingerprint density at radius 3 is 2.35 bits per heavy atom. The van der Waals surface area contributed by atoms with E-state index in [9.17, 15) is 9.59 Å². The van der Waals surface area contributed by atoms with Crippen molar-refractivity contribution in [2.24, 2.45) is 13.0 Å². The molecule has 0 spiro atoms. The van der Waals surface area contributed by atoms with E-state index in [4.69, 9.17) is 5.11 Å². The standard InChI is InChI=1S/C13H22N4O3/c1-7(2)11(12(18)19)15-13(20)14-6-10-8(3)16-17(5)9(10)4/h7,11H,6H2,1-5H3,(H,18,19)(H2,14,15,20). The van der Waals surface area contributed by atoms with E-state index in [2.05, 4.69) is 15.7 Å². The van der Waals surface area contributed by atoms with Crippen molar-refractivity contribution in [2.75, 3.05) is 0 Å². The average molecular weight is 282 g/mol. The first-order chi connectivity index (χ1) is 9.23. The third-order valence-corrected chi connectivity index (χ3v) is 3.30. The first-order valence-electron chi connectivity index (χ1n) is 6.50. The fourth-order valence-electron chi connectivity index (χ4n) is 1.95. The molecule has 0 aromatic carbocycles. The lowest BCUT2D eigenvalue weighted by molar-refractivity contribution is -0.140. The van der Waals surface area contributed by atoms with Crippen LogP contribution in [-0.4, -0.2) is 32.9 Å². The average Bonchev–Trinajstić information content (AvgIpc) is 2.57. The normalized spacial score (nSPS) is 12.3. The number of hydrogen-bond acceptors (Lipinski definition) is 3. The Bertz CT molecular complexity index is 508. The monoisotopic (exact) mass is 282 g/mol. The summed E-state index contributed by atoms with van der Waals surface area (Å²) in [7, 11) is 1.84. The summed E-state index contributed by atoms with van der Waals surface area (Å²) >= 11 is 0. The van der Waals surface area contributed by atoms with Gasteiger partial charge in [-0.05, 0) is 19.8 Å². The van der Waals surface area contributed by atoms with Crippen LogP contribution in [0.1, 0.15) is 30.8 Å². The lowest BCUT2D eigenvalue weighted by Gasteiger charge is -2.18. The van der Waals surface area contributed by atoms with E-state index in [0.29, 0.717) is 6.54 Å². The number of aliphatic carboxylic acids is 1. The van der Waals surface area contributed by atoms with Crippen LogP contribution in [0.15, 0.2) is 0 Å². The van der Waals surface area contributed by atoms with Gasteiger partial charge in [0, 0.05) is 24.8 Å². The Balaban J connectivity index is 2.61. The minimum Gasteiger partial charge on any atom is -0.480 e. The quantitative estimate of drug-likeness (QED) is 0.749. The molecule has 112 valence electrons. The number of carbonyl (C=O) groups excluding carboxylic acids is 1. The molecule has 0 saturated carbocycles. The molecule has 0 bridgehead atoms. The second-order valence-corrected chi connectivity index (χ2v) is 5.16. The van der Waals surface area contributed by atoms with Crippen LogP contribution in [0, 0.1) is 19.8 Å². The zero-order chi connectivity index (χ0) is 15.4. The van der Waals surface area contributed by atoms with Gasteiger partial charge >= 0.3 is 12.0 Å². The van der Waals surface area contributed by atoms with Crippen LogP contribution >= 0.6 is 0 Å². The molecule has 0 saturated heterocycles. The molecule has 1 aromatic heterocycles. The van der Waals surface area contributed by atoms with Gasteiger partial charge < -0.3 is 15.7 Å². The van der Waals surface area contributed by atoms with Gasteiger partial charge in [-0.15, -0.1) is 0 Å². The van der Waals surface area contributed by atoms with E-state index < -0.39 is 18.0 Å². The zero-order valence-electron chi connectivity index (χ0n) is 12.5. The van der Waals surface area contributed by atoms with E-state index in [0.717, 1.165) is 17.0 Å². The lowest BCUT2D eigenvalue weighted by Crippen LogP contribution is -2.48. The summed E-state index contributed by atoms with van der Waals surface area (Å²) in [5.74, 6) is -1.22. The number of amides is 2. The van der Waals surface area contributed by atoms with Gasteiger partial charge in [0.05, 0.1) is 5.69 Å². The van der Waals surface area contributed by atoms with Crippen LogP contribution < -0.4 is 10.6 Å². The molecule has 1 atom stereocenters. The molecule has 1 aromatic rings. The number of nitrogens with one attached hydrogen (secondary N) is 2. The molecule has 0 aliphatic heterocycles. The highest BCUT2D eigenvalue weighted by Crippen LogP contribution is 2.11. The molecule has 2 amide bonds. The predicted octanol–water partition coefficient (Wildman–Crippen LogP) is 0.945. The van der Waals surface area contributed by atoms with Gasteiger partial charge in [0.15, 0.2) is 0 Å². The molecule has 1 heterocycles. The van der Waals surface area contributed by atoms with Crippen molar-refractivity contribution in [3.63, 3.8) is 0 Å². The van der Waals surface area contributed by atoms with E-state index in [1.54, 1.807) is 18.5 Å². The summed E-state index contributed by atoms with van der Waals surface area (Å²) < 4.78 is 1.75. The highest BCUT2D eigenvalue weighted by atomic mass is 16.4. The van der Waals surface area contributed by atoms with Gasteiger partial charge in [-0.1, -0.05) is 13.8 Å². The van der Waals surface area contributed by atoms with Crippen molar-refractivity contribution in [3.8, 4) is 0 Å². The van der Waals surface area contributed by atoms with Gasteiger partial charge in [-0.2, -0.15) is 5.10 Å². The number of nitrogens with zero attached hydrogens (tertiary/aromatic N) is 2. The van der Waals surface area contributed by atoms with E-state index >= 15 is 0 Å². The highest BCUT2D eigenvalue weighted by Gasteiger charge is 2.23. The van der Waals surface area contributed by atoms with Crippen molar-refractivity contribution >= 4 is 12.0 Å². The van der Waals surface area contributed by atoms with Crippen LogP contribution in [0.4, 0.5) is 4.79 Å². The van der Waals surface area contributed by atoms with Gasteiger partial charge in [-0.3, -0.25) is 4.68 Å². The first kappa shape index (κ1) is 16.0. The minimum absolute atomic E-state index is 0.180. The van der Waals surface area contributed by atoms with Crippen molar-refractivity contribution < 1.29 is 14.7 Å². The molecule has 1 rings (SSSR count). The molecule has 0 fully saturated rings. The molecule has 0 aliphatic rings. The number of hydrogen-bond donors (Lipinski definition) is 3. The smallest absolute Gasteiger partial charge is 0.326 e. The van der Waals surface area contributed by atoms with Gasteiger partial charge in [-0.25, -0.2) is 9.59 Å². The topological polar surface area (TPSA) is 96.3 Å². The molecule has 7 nitrogen and oxygen atoms in total. The fraction of sp³-hybridized carbons (Fsp3) is 0.615. The maximum absolute atomic E-state index is 11.8. The Labute approximate surface area is 118 Å². The summed E-state index contributed by atoms with van der Waals surface area (Å²) in [5, 5.41) is 18.4. The molecule has 1 unspecified atom stereocenters. The number of aromatic nitrogens is 2. The van der Waals surface area contributed by atoms with Gasteiger partial charge in [0.25, 0.3) is 0 Å². The summed E-state index contributed by atoms with van der Waals surface area (Å²) in [6.07, 6.45) is 0. The van der Waals surface area contributed by atoms with E-state index in [1.165, 1.54) is 0 Å². The van der Waals surface area contributed by atoms with Gasteiger partial charge in [0.2, 0.25) is 0 Å². The summed E-state index contributed by atoms with van der Waals surface area (Å²) in [4.78, 5) is 22.8. The van der Waals surface area contributed by atoms with Crippen molar-refractivity contribution in [3.05, 3.63) is 17.0 Å². The number of carbonyl (C=O) groups is 2. The number of carboxylic acids is 1. The SMILES string of the molecule is Cc1nn(C)c(C)c1CNC(=O)NC(C(=O)O)C(C)C. The van der Waals surface area contributed by atoms with Crippen LogP contribution in [0.2, 0.25) is 0 Å². The predicted molar refractivity (Wildman–Crippen MR) is 74.3 cm³/mol. The fourth-order valence-corrected chi connectivity index (χ4v) is 1.95. The Morgan fingerprint density at radius 1 is 1.35 bits per heavy atom. The van der Waals surface area contributed by atoms with Crippen molar-refractivity contribution in [1.82, 2.24) is 20.4 Å². The molecule has 0 aliphatic carbocycles. The zero-order valence-corrected chi connectivity index (χ0v) is 12.5. The second kappa shape index (κ2) is 6.40. The van der Waals surface area contributed by atoms with Crippen molar-refractivity contribution in [2.45, 2.75) is 40.3 Å². The number of urea groups is 1. The van der Waals surface area contributed by atoms with Crippen LogP contribution in [0.5, 0.6) is 0 Å². The van der Waals surface area contributed by atoms with Crippen molar-refractivity contribution in [1.29, 1.82) is 0 Å². The third-order valence-electron chi connectivity index (χ3n) is 3.30. The Hall–Kier alpha value is -2.05. The molecule has 20 heavy (non-hydrogen) atoms. The van der Waals surface area contributed by atoms with E-state index in [1.807, 2.05) is 20.9 Å². The summed E-state index contributed by atoms with van der Waals surface area (Å²) in [6, 6.07) is -1.39. The van der Waals surface area contributed by atoms with Gasteiger partial charge in [0.1, 0.15) is 6.04 Å². The molecular weight excluding hydrogens is 260 g/mol. The maximum Gasteiger partial charge on any atom is 0.326 e. The number of rotatable bonds is 5.